The van der Waals surface area contributed by atoms with Crippen LogP contribution in [0.3, 0.4) is 0 Å². The highest BCUT2D eigenvalue weighted by molar-refractivity contribution is 7.95. The summed E-state index contributed by atoms with van der Waals surface area (Å²) in [6.45, 7) is 0.498. The first-order valence-electron chi connectivity index (χ1n) is 9.08. The van der Waals surface area contributed by atoms with E-state index in [0.29, 0.717) is 17.8 Å². The summed E-state index contributed by atoms with van der Waals surface area (Å²) in [5.74, 6) is -0.132. The zero-order valence-electron chi connectivity index (χ0n) is 16.0. The fourth-order valence-electron chi connectivity index (χ4n) is 2.76. The lowest BCUT2D eigenvalue weighted by Gasteiger charge is -2.17. The van der Waals surface area contributed by atoms with Crippen LogP contribution in [0.25, 0.3) is 6.08 Å². The molecule has 0 aromatic heterocycles. The third kappa shape index (κ3) is 6.05. The number of hydrogen-bond donors (Lipinski definition) is 1. The van der Waals surface area contributed by atoms with Crippen molar-refractivity contribution in [2.45, 2.75) is 6.54 Å². The smallest absolute Gasteiger partial charge is 0.255 e. The summed E-state index contributed by atoms with van der Waals surface area (Å²) in [6.07, 6.45) is 1.53. The van der Waals surface area contributed by atoms with Gasteiger partial charge >= 0.3 is 0 Å². The maximum absolute atomic E-state index is 12.6. The number of nitrogens with one attached hydrogen (secondary N) is 1. The van der Waals surface area contributed by atoms with Gasteiger partial charge in [-0.05, 0) is 41.5 Å². The first-order valence-corrected chi connectivity index (χ1v) is 10.6. The van der Waals surface area contributed by atoms with Crippen molar-refractivity contribution in [3.63, 3.8) is 0 Å². The van der Waals surface area contributed by atoms with Crippen molar-refractivity contribution in [1.82, 2.24) is 4.90 Å². The Morgan fingerprint density at radius 1 is 0.897 bits per heavy atom. The highest BCUT2D eigenvalue weighted by Gasteiger charge is 2.13. The van der Waals surface area contributed by atoms with E-state index in [1.165, 1.54) is 6.08 Å². The Kier molecular flexibility index (Phi) is 6.46. The van der Waals surface area contributed by atoms with E-state index < -0.39 is 10.0 Å². The highest BCUT2D eigenvalue weighted by Crippen LogP contribution is 2.15. The Morgan fingerprint density at radius 3 is 2.10 bits per heavy atom. The second-order valence-electron chi connectivity index (χ2n) is 6.58. The van der Waals surface area contributed by atoms with E-state index in [0.717, 1.165) is 16.5 Å². The zero-order valence-corrected chi connectivity index (χ0v) is 16.8. The molecule has 0 aliphatic heterocycles. The molecule has 0 fully saturated rings. The molecule has 0 heterocycles. The van der Waals surface area contributed by atoms with Gasteiger partial charge in [0.2, 0.25) is 0 Å². The molecule has 5 nitrogen and oxygen atoms in total. The van der Waals surface area contributed by atoms with Gasteiger partial charge < -0.3 is 4.90 Å². The number of amides is 1. The topological polar surface area (TPSA) is 66.5 Å². The Balaban J connectivity index is 1.63. The van der Waals surface area contributed by atoms with E-state index in [2.05, 4.69) is 4.72 Å². The molecule has 0 atom stereocenters. The molecule has 0 unspecified atom stereocenters. The number of benzene rings is 3. The van der Waals surface area contributed by atoms with E-state index in [1.54, 1.807) is 36.2 Å². The molecule has 0 radical (unpaired) electrons. The zero-order chi connectivity index (χ0) is 20.7. The van der Waals surface area contributed by atoms with Gasteiger partial charge in [0, 0.05) is 24.8 Å². The Labute approximate surface area is 171 Å². The number of anilines is 1. The van der Waals surface area contributed by atoms with Crippen molar-refractivity contribution >= 4 is 27.7 Å². The van der Waals surface area contributed by atoms with Crippen LogP contribution in [0.1, 0.15) is 21.5 Å². The summed E-state index contributed by atoms with van der Waals surface area (Å²) >= 11 is 0. The Bertz CT molecular complexity index is 1080. The Morgan fingerprint density at radius 2 is 1.48 bits per heavy atom. The fraction of sp³-hybridized carbons (Fsp3) is 0.0870. The molecule has 0 saturated carbocycles. The molecular weight excluding hydrogens is 384 g/mol. The van der Waals surface area contributed by atoms with Gasteiger partial charge in [-0.2, -0.15) is 0 Å². The molecular formula is C23H22N2O3S. The van der Waals surface area contributed by atoms with Crippen LogP contribution in [0.4, 0.5) is 5.69 Å². The number of rotatable bonds is 7. The van der Waals surface area contributed by atoms with Gasteiger partial charge in [-0.15, -0.1) is 0 Å². The van der Waals surface area contributed by atoms with Crippen molar-refractivity contribution < 1.29 is 13.2 Å². The third-order valence-corrected chi connectivity index (χ3v) is 5.26. The summed E-state index contributed by atoms with van der Waals surface area (Å²) in [4.78, 5) is 14.2. The van der Waals surface area contributed by atoms with Crippen molar-refractivity contribution in [3.8, 4) is 0 Å². The van der Waals surface area contributed by atoms with Crippen molar-refractivity contribution in [3.05, 3.63) is 107 Å². The van der Waals surface area contributed by atoms with E-state index >= 15 is 0 Å². The second-order valence-corrected chi connectivity index (χ2v) is 8.15. The van der Waals surface area contributed by atoms with Gasteiger partial charge in [0.1, 0.15) is 0 Å². The minimum Gasteiger partial charge on any atom is -0.337 e. The number of nitrogens with zero attached hydrogens (tertiary/aromatic N) is 1. The average molecular weight is 407 g/mol. The van der Waals surface area contributed by atoms with Gasteiger partial charge in [0.25, 0.3) is 15.9 Å². The summed E-state index contributed by atoms with van der Waals surface area (Å²) in [5.41, 5.74) is 2.72. The van der Waals surface area contributed by atoms with Crippen LogP contribution < -0.4 is 4.72 Å². The first-order chi connectivity index (χ1) is 13.9. The Hall–Kier alpha value is -3.38. The van der Waals surface area contributed by atoms with Crippen LogP contribution in [0.2, 0.25) is 0 Å². The molecule has 0 spiro atoms. The molecule has 1 N–H and O–H groups in total. The fourth-order valence-corrected chi connectivity index (χ4v) is 3.63. The molecule has 148 valence electrons. The van der Waals surface area contributed by atoms with E-state index in [-0.39, 0.29) is 5.91 Å². The van der Waals surface area contributed by atoms with Gasteiger partial charge in [0.05, 0.1) is 5.41 Å². The van der Waals surface area contributed by atoms with Crippen molar-refractivity contribution in [1.29, 1.82) is 0 Å². The average Bonchev–Trinajstić information content (AvgIpc) is 2.73. The van der Waals surface area contributed by atoms with Gasteiger partial charge in [-0.3, -0.25) is 9.52 Å². The predicted molar refractivity (Wildman–Crippen MR) is 117 cm³/mol. The third-order valence-electron chi connectivity index (χ3n) is 4.24. The summed E-state index contributed by atoms with van der Waals surface area (Å²) in [5, 5.41) is 1.12. The number of sulfonamides is 1. The quantitative estimate of drug-likeness (QED) is 0.634. The molecule has 0 saturated heterocycles. The molecule has 29 heavy (non-hydrogen) atoms. The van der Waals surface area contributed by atoms with Crippen molar-refractivity contribution in [2.75, 3.05) is 11.8 Å². The highest BCUT2D eigenvalue weighted by atomic mass is 32.2. The largest absolute Gasteiger partial charge is 0.337 e. The van der Waals surface area contributed by atoms with Crippen LogP contribution in [0.15, 0.2) is 90.3 Å². The molecule has 0 aliphatic carbocycles. The minimum absolute atomic E-state index is 0.132. The van der Waals surface area contributed by atoms with E-state index in [1.807, 2.05) is 60.7 Å². The molecule has 3 rings (SSSR count). The maximum Gasteiger partial charge on any atom is 0.255 e. The minimum atomic E-state index is -3.65. The van der Waals surface area contributed by atoms with Crippen LogP contribution in [-0.2, 0) is 16.6 Å². The second kappa shape index (κ2) is 9.21. The molecule has 3 aromatic rings. The van der Waals surface area contributed by atoms with Gasteiger partial charge in [0.15, 0.2) is 0 Å². The van der Waals surface area contributed by atoms with E-state index in [4.69, 9.17) is 0 Å². The first kappa shape index (κ1) is 20.4. The molecule has 3 aromatic carbocycles. The summed E-state index contributed by atoms with van der Waals surface area (Å²) in [6, 6.07) is 25.3. The standard InChI is InChI=1S/C23H22N2O3S/c1-25(18-20-10-6-3-7-11-20)23(26)21-12-14-22(15-13-21)24-29(27,28)17-16-19-8-4-2-5-9-19/h2-17,24H,18H2,1H3/b17-16+. The lowest BCUT2D eigenvalue weighted by atomic mass is 10.1. The molecule has 0 aliphatic rings. The number of carbonyl (C=O) groups is 1. The summed E-state index contributed by atoms with van der Waals surface area (Å²) in [7, 11) is -1.91. The van der Waals surface area contributed by atoms with Crippen molar-refractivity contribution in [2.24, 2.45) is 0 Å². The van der Waals surface area contributed by atoms with Crippen LogP contribution in [0, 0.1) is 0 Å². The molecule has 6 heteroatoms. The lowest BCUT2D eigenvalue weighted by Crippen LogP contribution is -2.26. The van der Waals surface area contributed by atoms with Gasteiger partial charge in [-0.25, -0.2) is 8.42 Å². The molecule has 1 amide bonds. The van der Waals surface area contributed by atoms with Crippen LogP contribution in [0.5, 0.6) is 0 Å². The lowest BCUT2D eigenvalue weighted by molar-refractivity contribution is 0.0785. The number of hydrogen-bond acceptors (Lipinski definition) is 3. The SMILES string of the molecule is CN(Cc1ccccc1)C(=O)c1ccc(NS(=O)(=O)/C=C/c2ccccc2)cc1. The molecule has 0 bridgehead atoms. The monoisotopic (exact) mass is 406 g/mol. The van der Waals surface area contributed by atoms with Crippen LogP contribution in [-0.4, -0.2) is 26.3 Å². The van der Waals surface area contributed by atoms with Gasteiger partial charge in [-0.1, -0.05) is 60.7 Å². The predicted octanol–water partition coefficient (Wildman–Crippen LogP) is 4.37. The number of carbonyl (C=O) groups excluding carboxylic acids is 1. The maximum atomic E-state index is 12.6. The normalized spacial score (nSPS) is 11.3. The van der Waals surface area contributed by atoms with Crippen LogP contribution >= 0.6 is 0 Å². The summed E-state index contributed by atoms with van der Waals surface area (Å²) < 4.78 is 26.9. The van der Waals surface area contributed by atoms with E-state index in [9.17, 15) is 13.2 Å².